The zero-order valence-electron chi connectivity index (χ0n) is 17.9. The van der Waals surface area contributed by atoms with Crippen molar-refractivity contribution in [1.82, 2.24) is 4.90 Å². The number of benzene rings is 2. The van der Waals surface area contributed by atoms with Crippen molar-refractivity contribution in [3.8, 4) is 5.75 Å². The van der Waals surface area contributed by atoms with E-state index in [2.05, 4.69) is 11.8 Å². The number of methoxy groups -OCH3 is 1. The first-order valence-corrected chi connectivity index (χ1v) is 10.5. The number of piperidine rings is 1. The summed E-state index contributed by atoms with van der Waals surface area (Å²) in [6.45, 7) is 2.87. The van der Waals surface area contributed by atoms with Gasteiger partial charge in [-0.15, -0.1) is 0 Å². The van der Waals surface area contributed by atoms with Crippen LogP contribution in [0.15, 0.2) is 42.5 Å². The minimum atomic E-state index is -4.86. The van der Waals surface area contributed by atoms with Gasteiger partial charge in [0.1, 0.15) is 5.75 Å². The van der Waals surface area contributed by atoms with E-state index in [1.165, 1.54) is 7.11 Å². The lowest BCUT2D eigenvalue weighted by Gasteiger charge is -2.40. The van der Waals surface area contributed by atoms with E-state index in [1.807, 2.05) is 18.2 Å². The summed E-state index contributed by atoms with van der Waals surface area (Å²) >= 11 is 0. The second-order valence-corrected chi connectivity index (χ2v) is 8.12. The van der Waals surface area contributed by atoms with Crippen molar-refractivity contribution in [3.05, 3.63) is 71.1 Å². The van der Waals surface area contributed by atoms with Crippen LogP contribution in [-0.4, -0.2) is 24.6 Å². The van der Waals surface area contributed by atoms with Crippen LogP contribution in [-0.2, 0) is 18.8 Å². The summed E-state index contributed by atoms with van der Waals surface area (Å²) in [6, 6.07) is 9.03. The molecule has 2 nitrogen and oxygen atoms in total. The molecular formula is C24H26F6NO. The van der Waals surface area contributed by atoms with E-state index in [4.69, 9.17) is 4.74 Å². The molecule has 2 atom stereocenters. The Balaban J connectivity index is 1.95. The molecule has 1 aliphatic rings. The summed E-state index contributed by atoms with van der Waals surface area (Å²) in [5.74, 6) is 0.631. The lowest BCUT2D eigenvalue weighted by Crippen LogP contribution is -2.40. The third-order valence-corrected chi connectivity index (χ3v) is 5.89. The van der Waals surface area contributed by atoms with E-state index in [1.54, 1.807) is 12.5 Å². The molecule has 3 rings (SSSR count). The molecule has 0 spiro atoms. The third kappa shape index (κ3) is 5.77. The molecule has 1 aliphatic heterocycles. The monoisotopic (exact) mass is 458 g/mol. The second-order valence-electron chi connectivity index (χ2n) is 8.12. The molecule has 8 heteroatoms. The molecule has 2 aromatic carbocycles. The van der Waals surface area contributed by atoms with Crippen molar-refractivity contribution >= 4 is 0 Å². The van der Waals surface area contributed by atoms with Gasteiger partial charge in [0.15, 0.2) is 0 Å². The Hall–Kier alpha value is -2.22. The largest absolute Gasteiger partial charge is 0.496 e. The predicted molar refractivity (Wildman–Crippen MR) is 110 cm³/mol. The summed E-state index contributed by atoms with van der Waals surface area (Å²) in [7, 11) is 1.54. The number of likely N-dealkylation sites (tertiary alicyclic amines) is 1. The van der Waals surface area contributed by atoms with Crippen LogP contribution < -0.4 is 4.74 Å². The predicted octanol–water partition coefficient (Wildman–Crippen LogP) is 7.10. The summed E-state index contributed by atoms with van der Waals surface area (Å²) < 4.78 is 84.9. The van der Waals surface area contributed by atoms with Crippen molar-refractivity contribution in [2.75, 3.05) is 13.7 Å². The number of hydrogen-bond acceptors (Lipinski definition) is 2. The molecule has 2 aromatic rings. The van der Waals surface area contributed by atoms with E-state index < -0.39 is 23.5 Å². The zero-order chi connectivity index (χ0) is 23.5. The Kier molecular flexibility index (Phi) is 7.43. The highest BCUT2D eigenvalue weighted by Gasteiger charge is 2.37. The number of alkyl halides is 6. The van der Waals surface area contributed by atoms with Crippen LogP contribution in [0.5, 0.6) is 5.75 Å². The molecule has 0 N–H and O–H groups in total. The molecule has 0 amide bonds. The van der Waals surface area contributed by atoms with Gasteiger partial charge in [0.2, 0.25) is 0 Å². The van der Waals surface area contributed by atoms with Crippen LogP contribution in [0.1, 0.15) is 54.5 Å². The van der Waals surface area contributed by atoms with Crippen molar-refractivity contribution in [1.29, 1.82) is 0 Å². The smallest absolute Gasteiger partial charge is 0.416 e. The summed E-state index contributed by atoms with van der Waals surface area (Å²) in [5.41, 5.74) is -1.78. The standard InChI is InChI=1S/C24H26F6NO/c1-16-7-5-6-12-31(16)21(20-8-3-4-9-22(20)32-2)11-10-17-13-18(23(25,26)27)15-19(14-17)24(28,29)30/h3-4,8-9,11,13-16,21H,5-7,10,12H2,1-2H3. The van der Waals surface area contributed by atoms with Gasteiger partial charge in [0, 0.05) is 17.6 Å². The first kappa shape index (κ1) is 24.4. The minimum Gasteiger partial charge on any atom is -0.496 e. The van der Waals surface area contributed by atoms with Gasteiger partial charge in [-0.3, -0.25) is 4.90 Å². The number of hydrogen-bond donors (Lipinski definition) is 0. The van der Waals surface area contributed by atoms with Gasteiger partial charge in [-0.2, -0.15) is 26.3 Å². The molecule has 32 heavy (non-hydrogen) atoms. The molecule has 0 aromatic heterocycles. The topological polar surface area (TPSA) is 12.5 Å². The van der Waals surface area contributed by atoms with Gasteiger partial charge in [-0.05, 0) is 69.0 Å². The van der Waals surface area contributed by atoms with Crippen LogP contribution in [0.2, 0.25) is 0 Å². The molecule has 1 fully saturated rings. The minimum absolute atomic E-state index is 0.0308. The number of halogens is 6. The lowest BCUT2D eigenvalue weighted by molar-refractivity contribution is -0.143. The summed E-state index contributed by atoms with van der Waals surface area (Å²) in [6.07, 6.45) is -4.95. The molecule has 1 heterocycles. The Labute approximate surface area is 184 Å². The number of para-hydroxylation sites is 1. The lowest BCUT2D eigenvalue weighted by atomic mass is 9.91. The fourth-order valence-electron chi connectivity index (χ4n) is 4.27. The van der Waals surface area contributed by atoms with Gasteiger partial charge < -0.3 is 4.74 Å². The van der Waals surface area contributed by atoms with Crippen LogP contribution in [0.4, 0.5) is 26.3 Å². The van der Waals surface area contributed by atoms with Gasteiger partial charge in [-0.1, -0.05) is 24.6 Å². The van der Waals surface area contributed by atoms with E-state index >= 15 is 0 Å². The SMILES string of the molecule is COc1ccccc1C([CH]Cc1cc(C(F)(F)F)cc(C(F)(F)F)c1)N1CCCCC1C. The average Bonchev–Trinajstić information content (AvgIpc) is 2.74. The third-order valence-electron chi connectivity index (χ3n) is 5.89. The van der Waals surface area contributed by atoms with Crippen molar-refractivity contribution in [2.45, 2.75) is 57.0 Å². The van der Waals surface area contributed by atoms with Crippen LogP contribution in [0.3, 0.4) is 0 Å². The molecule has 175 valence electrons. The molecule has 1 saturated heterocycles. The van der Waals surface area contributed by atoms with Crippen molar-refractivity contribution in [2.24, 2.45) is 0 Å². The van der Waals surface area contributed by atoms with Crippen LogP contribution in [0, 0.1) is 6.42 Å². The Morgan fingerprint density at radius 3 is 2.19 bits per heavy atom. The van der Waals surface area contributed by atoms with E-state index in [9.17, 15) is 26.3 Å². The van der Waals surface area contributed by atoms with E-state index in [0.29, 0.717) is 5.75 Å². The normalized spacial score (nSPS) is 19.1. The van der Waals surface area contributed by atoms with Gasteiger partial charge in [-0.25, -0.2) is 0 Å². The quantitative estimate of drug-likeness (QED) is 0.428. The highest BCUT2D eigenvalue weighted by Crippen LogP contribution is 2.39. The first-order valence-electron chi connectivity index (χ1n) is 10.5. The maximum absolute atomic E-state index is 13.2. The molecular weight excluding hydrogens is 432 g/mol. The number of rotatable bonds is 6. The number of nitrogens with zero attached hydrogens (tertiary/aromatic N) is 1. The van der Waals surface area contributed by atoms with Crippen LogP contribution in [0.25, 0.3) is 0 Å². The van der Waals surface area contributed by atoms with Crippen molar-refractivity contribution in [3.63, 3.8) is 0 Å². The van der Waals surface area contributed by atoms with E-state index in [0.717, 1.165) is 43.5 Å². The fraction of sp³-hybridized carbons (Fsp3) is 0.458. The molecule has 0 saturated carbocycles. The van der Waals surface area contributed by atoms with Crippen LogP contribution >= 0.6 is 0 Å². The second kappa shape index (κ2) is 9.73. The average molecular weight is 458 g/mol. The highest BCUT2D eigenvalue weighted by atomic mass is 19.4. The number of ether oxygens (including phenoxy) is 1. The van der Waals surface area contributed by atoms with Crippen molar-refractivity contribution < 1.29 is 31.1 Å². The van der Waals surface area contributed by atoms with Gasteiger partial charge in [0.05, 0.1) is 18.2 Å². The Morgan fingerprint density at radius 2 is 1.62 bits per heavy atom. The van der Waals surface area contributed by atoms with E-state index in [-0.39, 0.29) is 30.1 Å². The molecule has 2 unspecified atom stereocenters. The summed E-state index contributed by atoms with van der Waals surface area (Å²) in [4.78, 5) is 2.24. The van der Waals surface area contributed by atoms with Gasteiger partial charge >= 0.3 is 12.4 Å². The Morgan fingerprint density at radius 1 is 1.00 bits per heavy atom. The first-order chi connectivity index (χ1) is 15.0. The zero-order valence-corrected chi connectivity index (χ0v) is 17.9. The molecule has 1 radical (unpaired) electrons. The summed E-state index contributed by atoms with van der Waals surface area (Å²) in [5, 5.41) is 0. The fourth-order valence-corrected chi connectivity index (χ4v) is 4.27. The van der Waals surface area contributed by atoms with Gasteiger partial charge in [0.25, 0.3) is 0 Å². The molecule has 0 aliphatic carbocycles. The highest BCUT2D eigenvalue weighted by molar-refractivity contribution is 5.39. The maximum atomic E-state index is 13.2. The maximum Gasteiger partial charge on any atom is 0.416 e. The Bertz CT molecular complexity index is 876. The molecule has 0 bridgehead atoms.